The van der Waals surface area contributed by atoms with E-state index >= 15 is 0 Å². The maximum atomic E-state index is 13.6. The molecule has 1 amide bonds. The monoisotopic (exact) mass is 382 g/mol. The van der Waals surface area contributed by atoms with Gasteiger partial charge in [-0.15, -0.1) is 0 Å². The van der Waals surface area contributed by atoms with Crippen LogP contribution in [0.25, 0.3) is 0 Å². The quantitative estimate of drug-likeness (QED) is 0.312. The summed E-state index contributed by atoms with van der Waals surface area (Å²) in [5.41, 5.74) is 0.302. The topological polar surface area (TPSA) is 65.5 Å². The Balaban J connectivity index is 1.94. The van der Waals surface area contributed by atoms with Crippen LogP contribution in [0.3, 0.4) is 0 Å². The highest BCUT2D eigenvalue weighted by Gasteiger charge is 2.15. The summed E-state index contributed by atoms with van der Waals surface area (Å²) >= 11 is 0. The van der Waals surface area contributed by atoms with E-state index in [4.69, 9.17) is 0 Å². The molecule has 9 heteroatoms. The van der Waals surface area contributed by atoms with Crippen LogP contribution in [0.5, 0.6) is 0 Å². The molecule has 2 aromatic rings. The Labute approximate surface area is 153 Å². The second kappa shape index (κ2) is 9.56. The summed E-state index contributed by atoms with van der Waals surface area (Å²) in [4.78, 5) is 16.1. The molecule has 0 spiro atoms. The molecule has 0 atom stereocenters. The van der Waals surface area contributed by atoms with Gasteiger partial charge < -0.3 is 16.0 Å². The zero-order chi connectivity index (χ0) is 19.8. The van der Waals surface area contributed by atoms with Crippen LogP contribution in [0.2, 0.25) is 0 Å². The Bertz CT molecular complexity index is 825. The predicted octanol–water partition coefficient (Wildman–Crippen LogP) is 2.94. The lowest BCUT2D eigenvalue weighted by atomic mass is 10.2. The van der Waals surface area contributed by atoms with Crippen molar-refractivity contribution in [1.29, 1.82) is 0 Å². The zero-order valence-electron chi connectivity index (χ0n) is 14.5. The van der Waals surface area contributed by atoms with E-state index in [1.165, 1.54) is 12.1 Å². The first-order valence-corrected chi connectivity index (χ1v) is 8.10. The maximum Gasteiger partial charge on any atom is 0.243 e. The summed E-state index contributed by atoms with van der Waals surface area (Å²) in [6.45, 7) is 2.31. The highest BCUT2D eigenvalue weighted by Crippen LogP contribution is 2.19. The molecule has 0 aliphatic heterocycles. The molecule has 5 nitrogen and oxygen atoms in total. The van der Waals surface area contributed by atoms with Gasteiger partial charge in [0, 0.05) is 6.54 Å². The molecule has 0 saturated carbocycles. The van der Waals surface area contributed by atoms with Crippen LogP contribution in [0, 0.1) is 23.3 Å². The van der Waals surface area contributed by atoms with Gasteiger partial charge in [0.2, 0.25) is 5.91 Å². The number of hydrogen-bond donors (Lipinski definition) is 3. The summed E-state index contributed by atoms with van der Waals surface area (Å²) in [6, 6.07) is 7.45. The standard InChI is InChI=1S/C18H18F4N4O/c1-2-23-18(24-9-11-3-5-12(19)6-4-11)25-10-15(27)26-14-8-7-13(20)16(21)17(14)22/h3-8H,2,9-10H2,1H3,(H,26,27)(H2,23,24,25). The van der Waals surface area contributed by atoms with E-state index in [2.05, 4.69) is 20.9 Å². The Morgan fingerprint density at radius 1 is 0.963 bits per heavy atom. The molecule has 27 heavy (non-hydrogen) atoms. The fourth-order valence-electron chi connectivity index (χ4n) is 2.08. The van der Waals surface area contributed by atoms with Gasteiger partial charge in [-0.1, -0.05) is 12.1 Å². The number of nitrogens with zero attached hydrogens (tertiary/aromatic N) is 1. The molecule has 3 N–H and O–H groups in total. The molecule has 144 valence electrons. The first-order valence-electron chi connectivity index (χ1n) is 8.10. The molecule has 0 aliphatic rings. The number of carbonyl (C=O) groups excluding carboxylic acids is 1. The Hall–Kier alpha value is -3.10. The highest BCUT2D eigenvalue weighted by molar-refractivity contribution is 5.95. The number of amides is 1. The molecule has 2 aromatic carbocycles. The van der Waals surface area contributed by atoms with Crippen LogP contribution >= 0.6 is 0 Å². The Kier molecular flexibility index (Phi) is 7.16. The van der Waals surface area contributed by atoms with E-state index < -0.39 is 29.0 Å². The highest BCUT2D eigenvalue weighted by atomic mass is 19.2. The van der Waals surface area contributed by atoms with E-state index in [-0.39, 0.29) is 18.9 Å². The summed E-state index contributed by atoms with van der Waals surface area (Å²) in [6.07, 6.45) is 0. The van der Waals surface area contributed by atoms with Crippen LogP contribution in [0.4, 0.5) is 23.2 Å². The minimum Gasteiger partial charge on any atom is -0.357 e. The van der Waals surface area contributed by atoms with Gasteiger partial charge in [-0.2, -0.15) is 0 Å². The zero-order valence-corrected chi connectivity index (χ0v) is 14.5. The molecule has 0 heterocycles. The normalized spacial score (nSPS) is 11.2. The van der Waals surface area contributed by atoms with E-state index in [9.17, 15) is 22.4 Å². The number of benzene rings is 2. The number of aliphatic imine (C=N–C) groups is 1. The molecule has 0 aromatic heterocycles. The molecule has 0 fully saturated rings. The van der Waals surface area contributed by atoms with E-state index in [0.29, 0.717) is 12.5 Å². The average Bonchev–Trinajstić information content (AvgIpc) is 2.66. The third-order valence-electron chi connectivity index (χ3n) is 3.40. The third kappa shape index (κ3) is 5.98. The number of halogens is 4. The van der Waals surface area contributed by atoms with Crippen LogP contribution in [0.1, 0.15) is 12.5 Å². The van der Waals surface area contributed by atoms with Gasteiger partial charge in [0.25, 0.3) is 0 Å². The SMILES string of the molecule is CCNC(=NCc1ccc(F)cc1)NCC(=O)Nc1ccc(F)c(F)c1F. The summed E-state index contributed by atoms with van der Waals surface area (Å²) in [5, 5.41) is 7.79. The molecule has 0 unspecified atom stereocenters. The van der Waals surface area contributed by atoms with Crippen molar-refractivity contribution in [3.8, 4) is 0 Å². The van der Waals surface area contributed by atoms with Gasteiger partial charge in [-0.05, 0) is 36.8 Å². The third-order valence-corrected chi connectivity index (χ3v) is 3.40. The molecular weight excluding hydrogens is 364 g/mol. The van der Waals surface area contributed by atoms with Crippen molar-refractivity contribution in [2.75, 3.05) is 18.4 Å². The summed E-state index contributed by atoms with van der Waals surface area (Å²) < 4.78 is 52.5. The van der Waals surface area contributed by atoms with Crippen molar-refractivity contribution in [2.24, 2.45) is 4.99 Å². The second-order valence-electron chi connectivity index (χ2n) is 5.45. The molecule has 0 radical (unpaired) electrons. The smallest absolute Gasteiger partial charge is 0.243 e. The number of rotatable bonds is 6. The van der Waals surface area contributed by atoms with Crippen molar-refractivity contribution in [3.63, 3.8) is 0 Å². The average molecular weight is 382 g/mol. The van der Waals surface area contributed by atoms with Crippen LogP contribution < -0.4 is 16.0 Å². The van der Waals surface area contributed by atoms with Crippen LogP contribution in [-0.4, -0.2) is 25.0 Å². The second-order valence-corrected chi connectivity index (χ2v) is 5.45. The lowest BCUT2D eigenvalue weighted by Crippen LogP contribution is -2.41. The lowest BCUT2D eigenvalue weighted by Gasteiger charge is -2.12. The maximum absolute atomic E-state index is 13.6. The van der Waals surface area contributed by atoms with Gasteiger partial charge >= 0.3 is 0 Å². The Morgan fingerprint density at radius 3 is 2.33 bits per heavy atom. The van der Waals surface area contributed by atoms with Gasteiger partial charge in [-0.25, -0.2) is 22.6 Å². The largest absolute Gasteiger partial charge is 0.357 e. The summed E-state index contributed by atoms with van der Waals surface area (Å²) in [7, 11) is 0. The first kappa shape index (κ1) is 20.2. The predicted molar refractivity (Wildman–Crippen MR) is 94.2 cm³/mol. The van der Waals surface area contributed by atoms with Crippen molar-refractivity contribution in [3.05, 3.63) is 65.2 Å². The van der Waals surface area contributed by atoms with Crippen LogP contribution in [-0.2, 0) is 11.3 Å². The summed E-state index contributed by atoms with van der Waals surface area (Å²) in [5.74, 6) is -5.19. The number of carbonyl (C=O) groups is 1. The minimum atomic E-state index is -1.66. The van der Waals surface area contributed by atoms with E-state index in [1.807, 2.05) is 6.92 Å². The minimum absolute atomic E-state index is 0.245. The van der Waals surface area contributed by atoms with Gasteiger partial charge in [0.05, 0.1) is 18.8 Å². The van der Waals surface area contributed by atoms with E-state index in [0.717, 1.165) is 17.7 Å². The number of guanidine groups is 1. The van der Waals surface area contributed by atoms with E-state index in [1.54, 1.807) is 12.1 Å². The molecule has 2 rings (SSSR count). The first-order chi connectivity index (χ1) is 12.9. The molecule has 0 bridgehead atoms. The van der Waals surface area contributed by atoms with Crippen molar-refractivity contribution >= 4 is 17.6 Å². The van der Waals surface area contributed by atoms with Crippen LogP contribution in [0.15, 0.2) is 41.4 Å². The Morgan fingerprint density at radius 2 is 1.67 bits per heavy atom. The van der Waals surface area contributed by atoms with Crippen molar-refractivity contribution in [2.45, 2.75) is 13.5 Å². The van der Waals surface area contributed by atoms with Crippen molar-refractivity contribution in [1.82, 2.24) is 10.6 Å². The molecule has 0 aliphatic carbocycles. The molecular formula is C18H18F4N4O. The van der Waals surface area contributed by atoms with Gasteiger partial charge in [0.15, 0.2) is 23.4 Å². The fourth-order valence-corrected chi connectivity index (χ4v) is 2.08. The number of hydrogen-bond acceptors (Lipinski definition) is 2. The lowest BCUT2D eigenvalue weighted by molar-refractivity contribution is -0.115. The van der Waals surface area contributed by atoms with Gasteiger partial charge in [0.1, 0.15) is 5.82 Å². The number of anilines is 1. The van der Waals surface area contributed by atoms with Gasteiger partial charge in [-0.3, -0.25) is 4.79 Å². The fraction of sp³-hybridized carbons (Fsp3) is 0.222. The molecule has 0 saturated heterocycles. The van der Waals surface area contributed by atoms with Crippen molar-refractivity contribution < 1.29 is 22.4 Å². The number of nitrogens with one attached hydrogen (secondary N) is 3.